The monoisotopic (exact) mass is 490 g/mol. The van der Waals surface area contributed by atoms with Crippen molar-refractivity contribution in [3.63, 3.8) is 0 Å². The molecule has 0 fully saturated rings. The molecule has 1 amide bonds. The van der Waals surface area contributed by atoms with Crippen LogP contribution in [0, 0.1) is 6.92 Å². The van der Waals surface area contributed by atoms with Crippen LogP contribution >= 0.6 is 0 Å². The van der Waals surface area contributed by atoms with Gasteiger partial charge in [-0.25, -0.2) is 8.42 Å². The Bertz CT molecular complexity index is 1460. The van der Waals surface area contributed by atoms with Crippen LogP contribution in [0.4, 0.5) is 11.4 Å². The summed E-state index contributed by atoms with van der Waals surface area (Å²) in [5.74, 6) is 0.505. The minimum absolute atomic E-state index is 0.0139. The summed E-state index contributed by atoms with van der Waals surface area (Å²) < 4.78 is 33.0. The lowest BCUT2D eigenvalue weighted by atomic mass is 10.1. The summed E-state index contributed by atoms with van der Waals surface area (Å²) in [6.45, 7) is 5.78. The molecule has 0 aliphatic heterocycles. The molecule has 8 nitrogen and oxygen atoms in total. The number of para-hydroxylation sites is 2. The number of nitrogens with zero attached hydrogens (tertiary/aromatic N) is 3. The summed E-state index contributed by atoms with van der Waals surface area (Å²) in [5, 5.41) is 6.91. The maximum absolute atomic E-state index is 13.2. The molecule has 35 heavy (non-hydrogen) atoms. The Morgan fingerprint density at radius 3 is 2.40 bits per heavy atom. The standard InChI is InChI=1S/C26H26N4O4S/c1-17(2)24-28-26(34-29-24)22-15-8-10-18(3)23(22)27-25(31)19-11-9-14-21(16-19)35(32,33)30(4)20-12-6-5-7-13-20/h5-17H,1-4H3,(H,27,31). The average Bonchev–Trinajstić information content (AvgIpc) is 3.36. The van der Waals surface area contributed by atoms with Gasteiger partial charge in [0.25, 0.3) is 21.8 Å². The summed E-state index contributed by atoms with van der Waals surface area (Å²) in [7, 11) is -2.39. The van der Waals surface area contributed by atoms with Gasteiger partial charge in [0.1, 0.15) is 0 Å². The Morgan fingerprint density at radius 1 is 1.00 bits per heavy atom. The molecule has 0 saturated carbocycles. The first-order valence-electron chi connectivity index (χ1n) is 11.1. The van der Waals surface area contributed by atoms with Gasteiger partial charge < -0.3 is 9.84 Å². The molecule has 180 valence electrons. The first kappa shape index (κ1) is 24.2. The molecular formula is C26H26N4O4S. The number of benzene rings is 3. The highest BCUT2D eigenvalue weighted by atomic mass is 32.2. The fourth-order valence-corrected chi connectivity index (χ4v) is 4.75. The maximum atomic E-state index is 13.2. The van der Waals surface area contributed by atoms with Crippen LogP contribution in [0.5, 0.6) is 0 Å². The zero-order chi connectivity index (χ0) is 25.2. The normalized spacial score (nSPS) is 11.5. The molecule has 0 atom stereocenters. The van der Waals surface area contributed by atoms with Crippen molar-refractivity contribution in [2.24, 2.45) is 0 Å². The fourth-order valence-electron chi connectivity index (χ4n) is 3.51. The molecule has 1 N–H and O–H groups in total. The highest BCUT2D eigenvalue weighted by molar-refractivity contribution is 7.92. The number of amides is 1. The number of aromatic nitrogens is 2. The summed E-state index contributed by atoms with van der Waals surface area (Å²) >= 11 is 0. The van der Waals surface area contributed by atoms with Gasteiger partial charge in [0.05, 0.1) is 21.8 Å². The van der Waals surface area contributed by atoms with Crippen molar-refractivity contribution in [1.82, 2.24) is 10.1 Å². The number of rotatable bonds is 7. The number of hydrogen-bond acceptors (Lipinski definition) is 6. The fraction of sp³-hybridized carbons (Fsp3) is 0.192. The SMILES string of the molecule is Cc1cccc(-c2nc(C(C)C)no2)c1NC(=O)c1cccc(S(=O)(=O)N(C)c2ccccc2)c1. The quantitative estimate of drug-likeness (QED) is 0.380. The van der Waals surface area contributed by atoms with Crippen LogP contribution in [0.3, 0.4) is 0 Å². The number of sulfonamides is 1. The van der Waals surface area contributed by atoms with Gasteiger partial charge in [0.2, 0.25) is 0 Å². The number of aryl methyl sites for hydroxylation is 1. The number of nitrogens with one attached hydrogen (secondary N) is 1. The molecule has 4 aromatic rings. The lowest BCUT2D eigenvalue weighted by Gasteiger charge is -2.20. The van der Waals surface area contributed by atoms with Crippen molar-refractivity contribution in [3.8, 4) is 11.5 Å². The highest BCUT2D eigenvalue weighted by Crippen LogP contribution is 2.31. The van der Waals surface area contributed by atoms with Gasteiger partial charge in [-0.05, 0) is 48.9 Å². The van der Waals surface area contributed by atoms with E-state index in [1.165, 1.54) is 23.5 Å². The van der Waals surface area contributed by atoms with Gasteiger partial charge in [0, 0.05) is 18.5 Å². The number of carbonyl (C=O) groups is 1. The second-order valence-electron chi connectivity index (χ2n) is 8.40. The van der Waals surface area contributed by atoms with E-state index in [4.69, 9.17) is 4.52 Å². The maximum Gasteiger partial charge on any atom is 0.264 e. The molecule has 0 bridgehead atoms. The van der Waals surface area contributed by atoms with Crippen LogP contribution in [-0.4, -0.2) is 31.5 Å². The van der Waals surface area contributed by atoms with Crippen LogP contribution in [0.25, 0.3) is 11.5 Å². The first-order valence-corrected chi connectivity index (χ1v) is 12.5. The first-order chi connectivity index (χ1) is 16.7. The van der Waals surface area contributed by atoms with Gasteiger partial charge in [0.15, 0.2) is 5.82 Å². The summed E-state index contributed by atoms with van der Waals surface area (Å²) in [4.78, 5) is 17.7. The van der Waals surface area contributed by atoms with Gasteiger partial charge in [-0.1, -0.05) is 55.4 Å². The van der Waals surface area contributed by atoms with E-state index in [1.807, 2.05) is 39.0 Å². The van der Waals surface area contributed by atoms with E-state index >= 15 is 0 Å². The van der Waals surface area contributed by atoms with Crippen LogP contribution in [0.1, 0.15) is 41.5 Å². The van der Waals surface area contributed by atoms with Crippen LogP contribution in [-0.2, 0) is 10.0 Å². The van der Waals surface area contributed by atoms with Gasteiger partial charge >= 0.3 is 0 Å². The minimum atomic E-state index is -3.87. The lowest BCUT2D eigenvalue weighted by molar-refractivity contribution is 0.102. The minimum Gasteiger partial charge on any atom is -0.334 e. The molecule has 0 unspecified atom stereocenters. The van der Waals surface area contributed by atoms with Gasteiger partial charge in [-0.2, -0.15) is 4.98 Å². The molecule has 0 saturated heterocycles. The van der Waals surface area contributed by atoms with Gasteiger partial charge in [-0.3, -0.25) is 9.10 Å². The van der Waals surface area contributed by atoms with Crippen LogP contribution in [0.2, 0.25) is 0 Å². The van der Waals surface area contributed by atoms with Crippen molar-refractivity contribution in [2.75, 3.05) is 16.7 Å². The zero-order valence-corrected chi connectivity index (χ0v) is 20.7. The predicted molar refractivity (Wildman–Crippen MR) is 135 cm³/mol. The number of hydrogen-bond donors (Lipinski definition) is 1. The molecular weight excluding hydrogens is 464 g/mol. The summed E-state index contributed by atoms with van der Waals surface area (Å²) in [6.07, 6.45) is 0. The van der Waals surface area contributed by atoms with E-state index in [9.17, 15) is 13.2 Å². The second kappa shape index (κ2) is 9.71. The summed E-state index contributed by atoms with van der Waals surface area (Å²) in [6, 6.07) is 20.2. The number of carbonyl (C=O) groups excluding carboxylic acids is 1. The third-order valence-corrected chi connectivity index (χ3v) is 7.36. The van der Waals surface area contributed by atoms with Crippen molar-refractivity contribution in [2.45, 2.75) is 31.6 Å². The Labute approximate surface area is 204 Å². The third kappa shape index (κ3) is 4.95. The largest absolute Gasteiger partial charge is 0.334 e. The Balaban J connectivity index is 1.64. The topological polar surface area (TPSA) is 105 Å². The Hall–Kier alpha value is -3.98. The van der Waals surface area contributed by atoms with Gasteiger partial charge in [-0.15, -0.1) is 0 Å². The van der Waals surface area contributed by atoms with Crippen LogP contribution < -0.4 is 9.62 Å². The third-order valence-electron chi connectivity index (χ3n) is 5.57. The zero-order valence-electron chi connectivity index (χ0n) is 19.9. The van der Waals surface area contributed by atoms with Crippen molar-refractivity contribution in [3.05, 3.63) is 89.7 Å². The van der Waals surface area contributed by atoms with E-state index in [1.54, 1.807) is 42.5 Å². The molecule has 1 aromatic heterocycles. The molecule has 0 aliphatic carbocycles. The molecule has 0 radical (unpaired) electrons. The average molecular weight is 491 g/mol. The molecule has 3 aromatic carbocycles. The van der Waals surface area contributed by atoms with E-state index in [0.29, 0.717) is 28.7 Å². The number of anilines is 2. The summed E-state index contributed by atoms with van der Waals surface area (Å²) in [5.41, 5.74) is 2.63. The smallest absolute Gasteiger partial charge is 0.264 e. The van der Waals surface area contributed by atoms with Crippen molar-refractivity contribution >= 4 is 27.3 Å². The van der Waals surface area contributed by atoms with E-state index in [-0.39, 0.29) is 16.4 Å². The predicted octanol–water partition coefficient (Wildman–Crippen LogP) is 5.25. The van der Waals surface area contributed by atoms with E-state index in [2.05, 4.69) is 15.5 Å². The molecule has 9 heteroatoms. The van der Waals surface area contributed by atoms with E-state index < -0.39 is 15.9 Å². The highest BCUT2D eigenvalue weighted by Gasteiger charge is 2.23. The lowest BCUT2D eigenvalue weighted by Crippen LogP contribution is -2.26. The van der Waals surface area contributed by atoms with Crippen molar-refractivity contribution in [1.29, 1.82) is 0 Å². The van der Waals surface area contributed by atoms with Crippen molar-refractivity contribution < 1.29 is 17.7 Å². The molecule has 0 aliphatic rings. The molecule has 0 spiro atoms. The molecule has 1 heterocycles. The Morgan fingerprint density at radius 2 is 1.71 bits per heavy atom. The van der Waals surface area contributed by atoms with E-state index in [0.717, 1.165) is 5.56 Å². The second-order valence-corrected chi connectivity index (χ2v) is 10.4. The Kier molecular flexibility index (Phi) is 6.70. The molecule has 4 rings (SSSR count). The van der Waals surface area contributed by atoms with Crippen LogP contribution in [0.15, 0.2) is 82.2 Å².